The number of aryl methyl sites for hydroxylation is 1. The van der Waals surface area contributed by atoms with Gasteiger partial charge in [-0.2, -0.15) is 4.52 Å². The molecule has 0 spiro atoms. The van der Waals surface area contributed by atoms with Crippen molar-refractivity contribution >= 4 is 34.7 Å². The second kappa shape index (κ2) is 7.86. The van der Waals surface area contributed by atoms with Gasteiger partial charge in [0.05, 0.1) is 0 Å². The van der Waals surface area contributed by atoms with Gasteiger partial charge < -0.3 is 15.5 Å². The third-order valence-electron chi connectivity index (χ3n) is 5.04. The fourth-order valence-electron chi connectivity index (χ4n) is 3.55. The van der Waals surface area contributed by atoms with Gasteiger partial charge in [0.2, 0.25) is 11.8 Å². The van der Waals surface area contributed by atoms with Gasteiger partial charge in [-0.15, -0.1) is 15.3 Å². The van der Waals surface area contributed by atoms with Crippen LogP contribution in [0.15, 0.2) is 36.4 Å². The van der Waals surface area contributed by atoms with Crippen LogP contribution >= 0.6 is 0 Å². The normalized spacial score (nSPS) is 14.8. The van der Waals surface area contributed by atoms with E-state index in [2.05, 4.69) is 30.8 Å². The molecule has 0 atom stereocenters. The van der Waals surface area contributed by atoms with Gasteiger partial charge in [0.1, 0.15) is 5.82 Å². The van der Waals surface area contributed by atoms with Gasteiger partial charge in [-0.25, -0.2) is 0 Å². The van der Waals surface area contributed by atoms with Gasteiger partial charge in [0, 0.05) is 37.3 Å². The van der Waals surface area contributed by atoms with Crippen LogP contribution in [-0.2, 0) is 9.59 Å². The van der Waals surface area contributed by atoms with E-state index in [4.69, 9.17) is 0 Å². The number of nitrogens with zero attached hydrogens (tertiary/aromatic N) is 5. The van der Waals surface area contributed by atoms with Crippen LogP contribution in [-0.4, -0.2) is 44.7 Å². The van der Waals surface area contributed by atoms with E-state index >= 15 is 0 Å². The fraction of sp³-hybridized carbons (Fsp3) is 0.350. The van der Waals surface area contributed by atoms with E-state index in [9.17, 15) is 9.59 Å². The summed E-state index contributed by atoms with van der Waals surface area (Å²) in [4.78, 5) is 26.1. The Hall–Kier alpha value is -3.49. The smallest absolute Gasteiger partial charge is 0.227 e. The van der Waals surface area contributed by atoms with Crippen LogP contribution in [0.25, 0.3) is 5.65 Å². The Morgan fingerprint density at radius 1 is 1.03 bits per heavy atom. The highest BCUT2D eigenvalue weighted by Gasteiger charge is 2.26. The molecule has 29 heavy (non-hydrogen) atoms. The standard InChI is InChI=1S/C20H23N7O2/c1-13-23-24-18-6-7-19(25-27(13)18)26-10-8-15(9-11-26)20(29)22-17-5-3-4-16(12-17)21-14(2)28/h3-7,12,15H,8-11H2,1-2H3,(H,21,28)(H,22,29). The van der Waals surface area contributed by atoms with Crippen molar-refractivity contribution in [3.05, 3.63) is 42.2 Å². The maximum Gasteiger partial charge on any atom is 0.227 e. The first kappa shape index (κ1) is 18.9. The van der Waals surface area contributed by atoms with E-state index in [-0.39, 0.29) is 17.7 Å². The number of amides is 2. The summed E-state index contributed by atoms with van der Waals surface area (Å²) in [6.45, 7) is 4.83. The van der Waals surface area contributed by atoms with Crippen molar-refractivity contribution in [2.45, 2.75) is 26.7 Å². The van der Waals surface area contributed by atoms with Crippen LogP contribution in [0, 0.1) is 12.8 Å². The lowest BCUT2D eigenvalue weighted by molar-refractivity contribution is -0.120. The Morgan fingerprint density at radius 2 is 1.76 bits per heavy atom. The second-order valence-electron chi connectivity index (χ2n) is 7.22. The number of carbonyl (C=O) groups excluding carboxylic acids is 2. The zero-order valence-electron chi connectivity index (χ0n) is 16.4. The van der Waals surface area contributed by atoms with E-state index in [1.165, 1.54) is 6.92 Å². The van der Waals surface area contributed by atoms with Crippen LogP contribution in [0.2, 0.25) is 0 Å². The first-order valence-corrected chi connectivity index (χ1v) is 9.62. The predicted octanol–water partition coefficient (Wildman–Crippen LogP) is 2.25. The molecule has 0 unspecified atom stereocenters. The molecule has 0 saturated carbocycles. The molecule has 1 aliphatic rings. The number of aromatic nitrogens is 4. The molecule has 0 radical (unpaired) electrons. The Labute approximate surface area is 168 Å². The molecule has 4 rings (SSSR count). The second-order valence-corrected chi connectivity index (χ2v) is 7.22. The minimum absolute atomic E-state index is 0.00249. The van der Waals surface area contributed by atoms with Crippen molar-refractivity contribution in [2.24, 2.45) is 5.92 Å². The molecule has 2 N–H and O–H groups in total. The molecule has 150 valence electrons. The SMILES string of the molecule is CC(=O)Nc1cccc(NC(=O)C2CCN(c3ccc4nnc(C)n4n3)CC2)c1. The highest BCUT2D eigenvalue weighted by Crippen LogP contribution is 2.24. The molecule has 9 nitrogen and oxygen atoms in total. The highest BCUT2D eigenvalue weighted by atomic mass is 16.2. The van der Waals surface area contributed by atoms with Gasteiger partial charge >= 0.3 is 0 Å². The maximum atomic E-state index is 12.7. The topological polar surface area (TPSA) is 105 Å². The summed E-state index contributed by atoms with van der Waals surface area (Å²) in [6.07, 6.45) is 1.50. The number of nitrogens with one attached hydrogen (secondary N) is 2. The maximum absolute atomic E-state index is 12.7. The Kier molecular flexibility index (Phi) is 5.11. The molecule has 9 heteroatoms. The molecule has 3 aromatic rings. The molecular formula is C20H23N7O2. The number of hydrogen-bond acceptors (Lipinski definition) is 6. The number of hydrogen-bond donors (Lipinski definition) is 2. The van der Waals surface area contributed by atoms with Crippen LogP contribution < -0.4 is 15.5 Å². The molecular weight excluding hydrogens is 370 g/mol. The van der Waals surface area contributed by atoms with E-state index in [1.54, 1.807) is 22.7 Å². The lowest BCUT2D eigenvalue weighted by Gasteiger charge is -2.32. The van der Waals surface area contributed by atoms with Crippen molar-refractivity contribution in [3.8, 4) is 0 Å². The number of benzene rings is 1. The fourth-order valence-corrected chi connectivity index (χ4v) is 3.55. The zero-order valence-corrected chi connectivity index (χ0v) is 16.4. The van der Waals surface area contributed by atoms with Crippen molar-refractivity contribution in [2.75, 3.05) is 28.6 Å². The average molecular weight is 393 g/mol. The summed E-state index contributed by atoms with van der Waals surface area (Å²) in [6, 6.07) is 11.0. The summed E-state index contributed by atoms with van der Waals surface area (Å²) in [5, 5.41) is 18.4. The lowest BCUT2D eigenvalue weighted by Crippen LogP contribution is -2.38. The van der Waals surface area contributed by atoms with Gasteiger partial charge in [0.15, 0.2) is 11.5 Å². The first-order valence-electron chi connectivity index (χ1n) is 9.62. The van der Waals surface area contributed by atoms with E-state index < -0.39 is 0 Å². The molecule has 0 bridgehead atoms. The molecule has 2 amide bonds. The van der Waals surface area contributed by atoms with Crippen LogP contribution in [0.1, 0.15) is 25.6 Å². The van der Waals surface area contributed by atoms with Gasteiger partial charge in [0.25, 0.3) is 0 Å². The molecule has 1 aromatic carbocycles. The predicted molar refractivity (Wildman–Crippen MR) is 110 cm³/mol. The van der Waals surface area contributed by atoms with Crippen LogP contribution in [0.3, 0.4) is 0 Å². The van der Waals surface area contributed by atoms with Crippen molar-refractivity contribution < 1.29 is 9.59 Å². The van der Waals surface area contributed by atoms with Crippen molar-refractivity contribution in [1.82, 2.24) is 19.8 Å². The van der Waals surface area contributed by atoms with Crippen LogP contribution in [0.5, 0.6) is 0 Å². The van der Waals surface area contributed by atoms with E-state index in [0.29, 0.717) is 11.4 Å². The summed E-state index contributed by atoms with van der Waals surface area (Å²) >= 11 is 0. The van der Waals surface area contributed by atoms with E-state index in [0.717, 1.165) is 43.2 Å². The summed E-state index contributed by atoms with van der Waals surface area (Å²) < 4.78 is 1.73. The third-order valence-corrected chi connectivity index (χ3v) is 5.04. The first-order chi connectivity index (χ1) is 14.0. The molecule has 0 aliphatic carbocycles. The number of carbonyl (C=O) groups is 2. The number of anilines is 3. The van der Waals surface area contributed by atoms with Gasteiger partial charge in [-0.05, 0) is 50.1 Å². The largest absolute Gasteiger partial charge is 0.355 e. The van der Waals surface area contributed by atoms with Gasteiger partial charge in [-0.1, -0.05) is 6.07 Å². The Balaban J connectivity index is 1.37. The molecule has 2 aromatic heterocycles. The lowest BCUT2D eigenvalue weighted by atomic mass is 9.96. The average Bonchev–Trinajstić information content (AvgIpc) is 3.08. The highest BCUT2D eigenvalue weighted by molar-refractivity contribution is 5.94. The molecule has 1 saturated heterocycles. The summed E-state index contributed by atoms with van der Waals surface area (Å²) in [7, 11) is 0. The van der Waals surface area contributed by atoms with E-state index in [1.807, 2.05) is 25.1 Å². The number of rotatable bonds is 4. The molecule has 1 aliphatic heterocycles. The van der Waals surface area contributed by atoms with Crippen molar-refractivity contribution in [1.29, 1.82) is 0 Å². The van der Waals surface area contributed by atoms with Gasteiger partial charge in [-0.3, -0.25) is 9.59 Å². The van der Waals surface area contributed by atoms with Crippen molar-refractivity contribution in [3.63, 3.8) is 0 Å². The minimum atomic E-state index is -0.144. The molecule has 1 fully saturated rings. The zero-order chi connectivity index (χ0) is 20.4. The third kappa shape index (κ3) is 4.18. The Morgan fingerprint density at radius 3 is 2.48 bits per heavy atom. The quantitative estimate of drug-likeness (QED) is 0.704. The molecule has 3 heterocycles. The minimum Gasteiger partial charge on any atom is -0.355 e. The number of fused-ring (bicyclic) bond motifs is 1. The summed E-state index contributed by atoms with van der Waals surface area (Å²) in [5.41, 5.74) is 2.07. The number of piperidine rings is 1. The van der Waals surface area contributed by atoms with Crippen LogP contribution in [0.4, 0.5) is 17.2 Å². The Bertz CT molecular complexity index is 1050. The summed E-state index contributed by atoms with van der Waals surface area (Å²) in [5.74, 6) is 1.41. The monoisotopic (exact) mass is 393 g/mol.